The van der Waals surface area contributed by atoms with Crippen LogP contribution in [-0.4, -0.2) is 27.7 Å². The van der Waals surface area contributed by atoms with Gasteiger partial charge in [0, 0.05) is 5.56 Å². The maximum absolute atomic E-state index is 12.3. The number of aryl methyl sites for hydroxylation is 1. The highest BCUT2D eigenvalue weighted by atomic mass is 16.5. The summed E-state index contributed by atoms with van der Waals surface area (Å²) in [5.41, 5.74) is 8.90. The first-order valence-electron chi connectivity index (χ1n) is 8.51. The molecule has 2 aromatic carbocycles. The van der Waals surface area contributed by atoms with Crippen molar-refractivity contribution < 1.29 is 19.0 Å². The molecule has 0 unspecified atom stereocenters. The first kappa shape index (κ1) is 18.6. The number of rotatable bonds is 5. The molecule has 1 atom stereocenters. The van der Waals surface area contributed by atoms with Crippen molar-refractivity contribution in [3.8, 4) is 28.4 Å². The predicted molar refractivity (Wildman–Crippen MR) is 102 cm³/mol. The Kier molecular flexibility index (Phi) is 5.21. The molecule has 7 heteroatoms. The Balaban J connectivity index is 2.43. The summed E-state index contributed by atoms with van der Waals surface area (Å²) in [7, 11) is 4.66. The fourth-order valence-corrected chi connectivity index (χ4v) is 3.58. The largest absolute Gasteiger partial charge is 0.493 e. The number of benzene rings is 1. The van der Waals surface area contributed by atoms with Crippen molar-refractivity contribution in [2.45, 2.75) is 18.9 Å². The van der Waals surface area contributed by atoms with Crippen LogP contribution in [0.25, 0.3) is 11.1 Å². The highest BCUT2D eigenvalue weighted by Crippen LogP contribution is 2.50. The highest BCUT2D eigenvalue weighted by Gasteiger charge is 2.28. The van der Waals surface area contributed by atoms with Crippen molar-refractivity contribution in [1.29, 1.82) is 0 Å². The van der Waals surface area contributed by atoms with Gasteiger partial charge in [0.25, 0.3) is 0 Å². The zero-order valence-corrected chi connectivity index (χ0v) is 15.5. The Hall–Kier alpha value is -3.22. The summed E-state index contributed by atoms with van der Waals surface area (Å²) in [5.74, 6) is 1.53. The first-order chi connectivity index (χ1) is 13.0. The maximum Gasteiger partial charge on any atom is 0.207 e. The van der Waals surface area contributed by atoms with E-state index in [1.807, 2.05) is 6.07 Å². The van der Waals surface area contributed by atoms with E-state index in [4.69, 9.17) is 19.9 Å². The van der Waals surface area contributed by atoms with Crippen LogP contribution in [0.1, 0.15) is 23.6 Å². The average Bonchev–Trinajstić information content (AvgIpc) is 2.91. The molecule has 0 spiro atoms. The summed E-state index contributed by atoms with van der Waals surface area (Å²) in [6, 6.07) is 6.41. The third-order valence-electron chi connectivity index (χ3n) is 4.84. The van der Waals surface area contributed by atoms with Crippen LogP contribution in [0.3, 0.4) is 0 Å². The molecule has 0 radical (unpaired) electrons. The summed E-state index contributed by atoms with van der Waals surface area (Å²) in [5, 5.41) is 2.81. The first-order valence-corrected chi connectivity index (χ1v) is 8.51. The van der Waals surface area contributed by atoms with E-state index in [2.05, 4.69) is 5.32 Å². The number of anilines is 1. The number of amides is 1. The molecule has 0 saturated carbocycles. The van der Waals surface area contributed by atoms with E-state index in [0.717, 1.165) is 16.7 Å². The quantitative estimate of drug-likeness (QED) is 0.782. The molecule has 0 heterocycles. The van der Waals surface area contributed by atoms with E-state index in [9.17, 15) is 9.59 Å². The molecule has 7 nitrogen and oxygen atoms in total. The van der Waals surface area contributed by atoms with Gasteiger partial charge in [0.15, 0.2) is 11.5 Å². The van der Waals surface area contributed by atoms with Crippen molar-refractivity contribution in [2.24, 2.45) is 0 Å². The molecule has 3 rings (SSSR count). The number of methoxy groups -OCH3 is 3. The van der Waals surface area contributed by atoms with Crippen LogP contribution in [-0.2, 0) is 11.2 Å². The van der Waals surface area contributed by atoms with Crippen LogP contribution < -0.4 is 30.7 Å². The lowest BCUT2D eigenvalue weighted by atomic mass is 9.95. The van der Waals surface area contributed by atoms with Crippen LogP contribution in [0.15, 0.2) is 29.1 Å². The Morgan fingerprint density at radius 2 is 1.85 bits per heavy atom. The van der Waals surface area contributed by atoms with E-state index < -0.39 is 0 Å². The Morgan fingerprint density at radius 3 is 2.48 bits per heavy atom. The van der Waals surface area contributed by atoms with Gasteiger partial charge in [-0.3, -0.25) is 9.59 Å². The van der Waals surface area contributed by atoms with Crippen LogP contribution >= 0.6 is 0 Å². The number of nitrogens with two attached hydrogens (primary N) is 1. The lowest BCUT2D eigenvalue weighted by Crippen LogP contribution is -2.20. The summed E-state index contributed by atoms with van der Waals surface area (Å²) in [4.78, 5) is 23.5. The van der Waals surface area contributed by atoms with Gasteiger partial charge >= 0.3 is 0 Å². The van der Waals surface area contributed by atoms with Gasteiger partial charge in [-0.15, -0.1) is 0 Å². The van der Waals surface area contributed by atoms with Gasteiger partial charge in [0.05, 0.1) is 33.1 Å². The van der Waals surface area contributed by atoms with Crippen LogP contribution in [0.5, 0.6) is 17.2 Å². The minimum absolute atomic E-state index is 0.133. The lowest BCUT2D eigenvalue weighted by Gasteiger charge is -2.19. The Bertz CT molecular complexity index is 942. The summed E-state index contributed by atoms with van der Waals surface area (Å²) < 4.78 is 16.6. The molecule has 2 aromatic rings. The SMILES string of the molecule is COc1cc2c(c(OC)c1OC)-c1ccc(N)c(=O)cc1[C@@H](NC=O)CC2. The van der Waals surface area contributed by atoms with E-state index in [1.54, 1.807) is 33.5 Å². The van der Waals surface area contributed by atoms with Crippen molar-refractivity contribution in [3.05, 3.63) is 45.6 Å². The maximum atomic E-state index is 12.3. The molecule has 3 N–H and O–H groups in total. The Morgan fingerprint density at radius 1 is 1.11 bits per heavy atom. The molecule has 1 aliphatic carbocycles. The molecule has 0 saturated heterocycles. The minimum atomic E-state index is -0.328. The van der Waals surface area contributed by atoms with E-state index in [0.29, 0.717) is 42.1 Å². The van der Waals surface area contributed by atoms with Crippen LogP contribution in [0, 0.1) is 0 Å². The molecule has 0 fully saturated rings. The molecule has 1 aliphatic rings. The standard InChI is InChI=1S/C20H22N2O5/c1-25-17-8-11-4-7-15(22-10-23)13-9-16(24)14(21)6-5-12(13)18(11)20(27-3)19(17)26-2/h5-6,8-10,15H,4,7H2,1-3H3,(H2,21,24)(H,22,23)/t15-/m0/s1. The lowest BCUT2D eigenvalue weighted by molar-refractivity contribution is -0.110. The zero-order chi connectivity index (χ0) is 19.6. The smallest absolute Gasteiger partial charge is 0.207 e. The van der Waals surface area contributed by atoms with Crippen molar-refractivity contribution in [3.63, 3.8) is 0 Å². The molecule has 142 valence electrons. The molecular formula is C20H22N2O5. The number of hydrogen-bond donors (Lipinski definition) is 2. The van der Waals surface area contributed by atoms with Crippen LogP contribution in [0.4, 0.5) is 5.69 Å². The summed E-state index contributed by atoms with van der Waals surface area (Å²) in [6.45, 7) is 0. The van der Waals surface area contributed by atoms with E-state index in [-0.39, 0.29) is 17.2 Å². The number of hydrogen-bond acceptors (Lipinski definition) is 6. The molecule has 0 bridgehead atoms. The zero-order valence-electron chi connectivity index (χ0n) is 15.5. The molecular weight excluding hydrogens is 348 g/mol. The van der Waals surface area contributed by atoms with Gasteiger partial charge in [-0.2, -0.15) is 0 Å². The highest BCUT2D eigenvalue weighted by molar-refractivity contribution is 5.83. The van der Waals surface area contributed by atoms with Crippen molar-refractivity contribution in [2.75, 3.05) is 27.1 Å². The second-order valence-electron chi connectivity index (χ2n) is 6.22. The number of nitrogen functional groups attached to an aromatic ring is 1. The number of fused-ring (bicyclic) bond motifs is 3. The van der Waals surface area contributed by atoms with E-state index in [1.165, 1.54) is 6.07 Å². The average molecular weight is 370 g/mol. The van der Waals surface area contributed by atoms with Gasteiger partial charge in [-0.25, -0.2) is 0 Å². The van der Waals surface area contributed by atoms with Gasteiger partial charge in [0.1, 0.15) is 0 Å². The van der Waals surface area contributed by atoms with Crippen molar-refractivity contribution >= 4 is 12.1 Å². The Labute approximate surface area is 157 Å². The second kappa shape index (κ2) is 7.57. The number of ether oxygens (including phenoxy) is 3. The molecule has 27 heavy (non-hydrogen) atoms. The fraction of sp³-hybridized carbons (Fsp3) is 0.300. The molecule has 0 aliphatic heterocycles. The van der Waals surface area contributed by atoms with Gasteiger partial charge in [0.2, 0.25) is 17.6 Å². The monoisotopic (exact) mass is 370 g/mol. The predicted octanol–water partition coefficient (Wildman–Crippen LogP) is 2.06. The number of carbonyl (C=O) groups excluding carboxylic acids is 1. The van der Waals surface area contributed by atoms with Gasteiger partial charge < -0.3 is 25.3 Å². The summed E-state index contributed by atoms with van der Waals surface area (Å²) >= 11 is 0. The van der Waals surface area contributed by atoms with E-state index >= 15 is 0 Å². The third-order valence-corrected chi connectivity index (χ3v) is 4.84. The topological polar surface area (TPSA) is 99.9 Å². The molecule has 0 aromatic heterocycles. The second-order valence-corrected chi connectivity index (χ2v) is 6.22. The third kappa shape index (κ3) is 3.16. The number of carbonyl (C=O) groups is 1. The number of nitrogens with one attached hydrogen (secondary N) is 1. The normalized spacial score (nSPS) is 15.0. The van der Waals surface area contributed by atoms with Crippen molar-refractivity contribution in [1.82, 2.24) is 5.32 Å². The minimum Gasteiger partial charge on any atom is -0.493 e. The molecule has 1 amide bonds. The van der Waals surface area contributed by atoms with Crippen LogP contribution in [0.2, 0.25) is 0 Å². The fourth-order valence-electron chi connectivity index (χ4n) is 3.58. The van der Waals surface area contributed by atoms with Gasteiger partial charge in [-0.1, -0.05) is 6.07 Å². The summed E-state index contributed by atoms with van der Waals surface area (Å²) in [6.07, 6.45) is 1.91. The van der Waals surface area contributed by atoms with Gasteiger partial charge in [-0.05, 0) is 47.7 Å².